The molecule has 2 aliphatic rings. The molecule has 2 aliphatic heterocycles. The molecule has 0 aliphatic carbocycles. The van der Waals surface area contributed by atoms with Gasteiger partial charge in [0.05, 0.1) is 11.0 Å². The van der Waals surface area contributed by atoms with Crippen molar-refractivity contribution < 1.29 is 13.2 Å². The maximum Gasteiger partial charge on any atom is 0.254 e. The highest BCUT2D eigenvalue weighted by Crippen LogP contribution is 2.34. The summed E-state index contributed by atoms with van der Waals surface area (Å²) in [5.74, 6) is 0.0801. The van der Waals surface area contributed by atoms with Crippen molar-refractivity contribution in [1.82, 2.24) is 4.90 Å². The van der Waals surface area contributed by atoms with Crippen LogP contribution in [0, 0.1) is 0 Å². The molecule has 2 fully saturated rings. The Labute approximate surface area is 138 Å². The van der Waals surface area contributed by atoms with Gasteiger partial charge in [0.15, 0.2) is 9.84 Å². The Hall–Kier alpha value is -1.56. The summed E-state index contributed by atoms with van der Waals surface area (Å²) in [6.07, 6.45) is 2.90. The molecule has 126 valence electrons. The summed E-state index contributed by atoms with van der Waals surface area (Å²) in [7, 11) is -0.911. The SMILES string of the molecule is CCCCN(C)c1ccc(C(=O)N2CC3CC2CS3(=O)=O)cc1. The number of anilines is 1. The molecule has 2 heterocycles. The lowest BCUT2D eigenvalue weighted by molar-refractivity contribution is 0.0746. The second-order valence-corrected chi connectivity index (χ2v) is 8.95. The van der Waals surface area contributed by atoms with E-state index in [4.69, 9.17) is 0 Å². The van der Waals surface area contributed by atoms with E-state index in [0.717, 1.165) is 25.1 Å². The van der Waals surface area contributed by atoms with E-state index in [9.17, 15) is 13.2 Å². The standard InChI is InChI=1S/C17H24N2O3S/c1-3-4-9-18(2)14-7-5-13(6-8-14)17(20)19-11-16-10-15(19)12-23(16,21)22/h5-8,15-16H,3-4,9-12H2,1-2H3. The third-order valence-electron chi connectivity index (χ3n) is 4.97. The topological polar surface area (TPSA) is 57.7 Å². The minimum absolute atomic E-state index is 0.0461. The number of carbonyl (C=O) groups excluding carboxylic acids is 1. The fourth-order valence-electron chi connectivity index (χ4n) is 3.49. The van der Waals surface area contributed by atoms with Gasteiger partial charge in [-0.3, -0.25) is 4.79 Å². The number of fused-ring (bicyclic) bond motifs is 2. The van der Waals surface area contributed by atoms with Crippen molar-refractivity contribution in [3.63, 3.8) is 0 Å². The first-order valence-corrected chi connectivity index (χ1v) is 9.97. The van der Waals surface area contributed by atoms with Gasteiger partial charge in [0.1, 0.15) is 0 Å². The lowest BCUT2D eigenvalue weighted by Crippen LogP contribution is -2.44. The van der Waals surface area contributed by atoms with Gasteiger partial charge >= 0.3 is 0 Å². The number of carbonyl (C=O) groups is 1. The van der Waals surface area contributed by atoms with Crippen LogP contribution in [0.1, 0.15) is 36.5 Å². The number of rotatable bonds is 5. The summed E-state index contributed by atoms with van der Waals surface area (Å²) in [6, 6.07) is 7.49. The smallest absolute Gasteiger partial charge is 0.254 e. The van der Waals surface area contributed by atoms with E-state index < -0.39 is 9.84 Å². The lowest BCUT2D eigenvalue weighted by Gasteiger charge is -2.27. The fourth-order valence-corrected chi connectivity index (χ4v) is 5.52. The number of hydrogen-bond donors (Lipinski definition) is 0. The van der Waals surface area contributed by atoms with Crippen LogP contribution in [-0.2, 0) is 9.84 Å². The van der Waals surface area contributed by atoms with Gasteiger partial charge in [-0.05, 0) is 37.1 Å². The van der Waals surface area contributed by atoms with Gasteiger partial charge in [0.2, 0.25) is 0 Å². The van der Waals surface area contributed by atoms with Crippen molar-refractivity contribution in [2.45, 2.75) is 37.5 Å². The van der Waals surface area contributed by atoms with Gasteiger partial charge in [-0.25, -0.2) is 8.42 Å². The number of nitrogens with zero attached hydrogens (tertiary/aromatic N) is 2. The molecule has 1 aromatic rings. The number of benzene rings is 1. The molecule has 3 rings (SSSR count). The van der Waals surface area contributed by atoms with Gasteiger partial charge in [0.25, 0.3) is 5.91 Å². The second-order valence-electron chi connectivity index (χ2n) is 6.62. The molecular formula is C17H24N2O3S. The average molecular weight is 336 g/mol. The Bertz CT molecular complexity index is 684. The van der Waals surface area contributed by atoms with E-state index in [-0.39, 0.29) is 23.0 Å². The molecule has 6 heteroatoms. The molecule has 0 saturated carbocycles. The summed E-state index contributed by atoms with van der Waals surface area (Å²) in [4.78, 5) is 16.5. The van der Waals surface area contributed by atoms with Crippen LogP contribution in [0.15, 0.2) is 24.3 Å². The third-order valence-corrected chi connectivity index (χ3v) is 7.18. The summed E-state index contributed by atoms with van der Waals surface area (Å²) in [5, 5.41) is -0.351. The van der Waals surface area contributed by atoms with Gasteiger partial charge in [-0.2, -0.15) is 0 Å². The van der Waals surface area contributed by atoms with Crippen LogP contribution in [-0.4, -0.2) is 56.4 Å². The molecule has 23 heavy (non-hydrogen) atoms. The van der Waals surface area contributed by atoms with Crippen LogP contribution in [0.3, 0.4) is 0 Å². The minimum atomic E-state index is -2.96. The Morgan fingerprint density at radius 2 is 2.00 bits per heavy atom. The summed E-state index contributed by atoms with van der Waals surface area (Å²) in [6.45, 7) is 3.51. The third kappa shape index (κ3) is 3.09. The van der Waals surface area contributed by atoms with E-state index in [0.29, 0.717) is 18.5 Å². The van der Waals surface area contributed by atoms with Crippen molar-refractivity contribution in [2.75, 3.05) is 30.8 Å². The maximum absolute atomic E-state index is 12.6. The molecule has 1 amide bonds. The minimum Gasteiger partial charge on any atom is -0.375 e. The number of unbranched alkanes of at least 4 members (excludes halogenated alkanes) is 1. The first-order chi connectivity index (χ1) is 10.9. The Balaban J connectivity index is 1.67. The molecule has 5 nitrogen and oxygen atoms in total. The van der Waals surface area contributed by atoms with Crippen LogP contribution in [0.4, 0.5) is 5.69 Å². The Morgan fingerprint density at radius 3 is 2.52 bits per heavy atom. The number of sulfone groups is 1. The van der Waals surface area contributed by atoms with Gasteiger partial charge < -0.3 is 9.80 Å². The number of likely N-dealkylation sites (tertiary alicyclic amines) is 1. The van der Waals surface area contributed by atoms with E-state index in [1.54, 1.807) is 4.90 Å². The molecule has 1 aromatic carbocycles. The molecule has 0 aromatic heterocycles. The largest absolute Gasteiger partial charge is 0.375 e. The predicted molar refractivity (Wildman–Crippen MR) is 91.6 cm³/mol. The molecule has 2 unspecified atom stereocenters. The molecule has 0 N–H and O–H groups in total. The van der Waals surface area contributed by atoms with Crippen molar-refractivity contribution in [1.29, 1.82) is 0 Å². The summed E-state index contributed by atoms with van der Waals surface area (Å²) >= 11 is 0. The van der Waals surface area contributed by atoms with Crippen molar-refractivity contribution >= 4 is 21.4 Å². The van der Waals surface area contributed by atoms with E-state index in [2.05, 4.69) is 18.9 Å². The number of hydrogen-bond acceptors (Lipinski definition) is 4. The van der Waals surface area contributed by atoms with Gasteiger partial charge in [-0.15, -0.1) is 0 Å². The van der Waals surface area contributed by atoms with E-state index in [1.165, 1.54) is 0 Å². The fraction of sp³-hybridized carbons (Fsp3) is 0.588. The Morgan fingerprint density at radius 1 is 1.30 bits per heavy atom. The van der Waals surface area contributed by atoms with Crippen LogP contribution in [0.2, 0.25) is 0 Å². The van der Waals surface area contributed by atoms with Crippen molar-refractivity contribution in [3.05, 3.63) is 29.8 Å². The summed E-state index contributed by atoms with van der Waals surface area (Å²) < 4.78 is 23.6. The maximum atomic E-state index is 12.6. The first kappa shape index (κ1) is 16.3. The van der Waals surface area contributed by atoms with E-state index in [1.807, 2.05) is 24.3 Å². The molecule has 2 bridgehead atoms. The predicted octanol–water partition coefficient (Wildman–Crippen LogP) is 1.93. The highest BCUT2D eigenvalue weighted by Gasteiger charge is 2.50. The summed E-state index contributed by atoms with van der Waals surface area (Å²) in [5.41, 5.74) is 1.74. The molecular weight excluding hydrogens is 312 g/mol. The van der Waals surface area contributed by atoms with Crippen molar-refractivity contribution in [2.24, 2.45) is 0 Å². The van der Waals surface area contributed by atoms with Crippen LogP contribution in [0.5, 0.6) is 0 Å². The quantitative estimate of drug-likeness (QED) is 0.824. The zero-order valence-electron chi connectivity index (χ0n) is 13.7. The van der Waals surface area contributed by atoms with E-state index >= 15 is 0 Å². The van der Waals surface area contributed by atoms with Crippen molar-refractivity contribution in [3.8, 4) is 0 Å². The zero-order chi connectivity index (χ0) is 16.6. The molecule has 0 radical (unpaired) electrons. The number of amides is 1. The molecule has 2 saturated heterocycles. The van der Waals surface area contributed by atoms with Crippen LogP contribution < -0.4 is 4.90 Å². The molecule has 0 spiro atoms. The zero-order valence-corrected chi connectivity index (χ0v) is 14.6. The average Bonchev–Trinajstić information content (AvgIpc) is 3.08. The van der Waals surface area contributed by atoms with Gasteiger partial charge in [0, 0.05) is 37.4 Å². The first-order valence-electron chi connectivity index (χ1n) is 8.26. The highest BCUT2D eigenvalue weighted by atomic mass is 32.2. The van der Waals surface area contributed by atoms with Gasteiger partial charge in [-0.1, -0.05) is 13.3 Å². The lowest BCUT2D eigenvalue weighted by atomic mass is 10.1. The van der Waals surface area contributed by atoms with Crippen LogP contribution in [0.25, 0.3) is 0 Å². The monoisotopic (exact) mass is 336 g/mol. The second kappa shape index (κ2) is 6.15. The van der Waals surface area contributed by atoms with Crippen LogP contribution >= 0.6 is 0 Å². The Kier molecular flexibility index (Phi) is 4.36. The highest BCUT2D eigenvalue weighted by molar-refractivity contribution is 7.92. The normalized spacial score (nSPS) is 24.9. The molecule has 2 atom stereocenters.